The van der Waals surface area contributed by atoms with Gasteiger partial charge in [0.15, 0.2) is 0 Å². The molecule has 3 saturated carbocycles. The molecule has 3 aliphatic rings. The molecule has 5 atom stereocenters. The third-order valence-corrected chi connectivity index (χ3v) is 6.66. The van der Waals surface area contributed by atoms with Gasteiger partial charge in [-0.2, -0.15) is 0 Å². The van der Waals surface area contributed by atoms with Crippen LogP contribution in [0.3, 0.4) is 0 Å². The molecule has 0 saturated heterocycles. The Morgan fingerprint density at radius 3 is 2.62 bits per heavy atom. The molecule has 0 aromatic rings. The normalized spacial score (nSPS) is 42.6. The van der Waals surface area contributed by atoms with Gasteiger partial charge in [0.2, 0.25) is 0 Å². The minimum atomic E-state index is -0.118. The maximum atomic E-state index is 12.3. The van der Waals surface area contributed by atoms with Gasteiger partial charge in [-0.25, -0.2) is 0 Å². The summed E-state index contributed by atoms with van der Waals surface area (Å²) >= 11 is 0. The van der Waals surface area contributed by atoms with E-state index in [4.69, 9.17) is 0 Å². The molecule has 4 unspecified atom stereocenters. The summed E-state index contributed by atoms with van der Waals surface area (Å²) in [7, 11) is 0. The molecule has 0 heterocycles. The van der Waals surface area contributed by atoms with Crippen LogP contribution < -0.4 is 0 Å². The number of carbonyl (C=O) groups is 3. The Balaban J connectivity index is 1.80. The molecule has 116 valence electrons. The maximum Gasteiger partial charge on any atom is 0.139 e. The van der Waals surface area contributed by atoms with Crippen LogP contribution in [0.4, 0.5) is 0 Å². The topological polar surface area (TPSA) is 51.2 Å². The van der Waals surface area contributed by atoms with Crippen molar-refractivity contribution in [1.29, 1.82) is 0 Å². The Hall–Kier alpha value is -0.990. The number of rotatable bonds is 3. The molecule has 0 aromatic carbocycles. The predicted molar refractivity (Wildman–Crippen MR) is 79.7 cm³/mol. The second-order valence-electron chi connectivity index (χ2n) is 7.70. The first-order chi connectivity index (χ1) is 9.93. The highest BCUT2D eigenvalue weighted by atomic mass is 16.1. The molecule has 0 N–H and O–H groups in total. The molecule has 0 bridgehead atoms. The maximum absolute atomic E-state index is 12.3. The Kier molecular flexibility index (Phi) is 3.79. The van der Waals surface area contributed by atoms with Crippen molar-refractivity contribution in [2.24, 2.45) is 29.1 Å². The fourth-order valence-electron chi connectivity index (χ4n) is 5.47. The molecule has 0 aliphatic heterocycles. The summed E-state index contributed by atoms with van der Waals surface area (Å²) in [6, 6.07) is 0. The Morgan fingerprint density at radius 1 is 1.14 bits per heavy atom. The summed E-state index contributed by atoms with van der Waals surface area (Å²) in [4.78, 5) is 35.8. The zero-order valence-corrected chi connectivity index (χ0v) is 13.2. The standard InChI is InChI=1S/C18H26O3/c1-11(19)3-4-14-12-9-10-18(2)15(6-8-17(18)21)13(12)5-7-16(14)20/h12-15H,3-10H2,1-2H3/t12?,13?,14?,15?,18-/m0/s1. The first-order valence-electron chi connectivity index (χ1n) is 8.49. The van der Waals surface area contributed by atoms with Crippen LogP contribution in [0.2, 0.25) is 0 Å². The molecule has 0 radical (unpaired) electrons. The lowest BCUT2D eigenvalue weighted by atomic mass is 9.53. The van der Waals surface area contributed by atoms with E-state index in [1.54, 1.807) is 6.92 Å². The van der Waals surface area contributed by atoms with E-state index in [0.29, 0.717) is 42.2 Å². The number of carbonyl (C=O) groups excluding carboxylic acids is 3. The zero-order chi connectivity index (χ0) is 15.2. The lowest BCUT2D eigenvalue weighted by molar-refractivity contribution is -0.138. The van der Waals surface area contributed by atoms with Crippen LogP contribution in [0, 0.1) is 29.1 Å². The van der Waals surface area contributed by atoms with Gasteiger partial charge in [0.05, 0.1) is 0 Å². The molecular formula is C18H26O3. The summed E-state index contributed by atoms with van der Waals surface area (Å²) in [5.74, 6) is 2.51. The van der Waals surface area contributed by atoms with E-state index in [2.05, 4.69) is 6.92 Å². The van der Waals surface area contributed by atoms with Crippen LogP contribution in [0.5, 0.6) is 0 Å². The summed E-state index contributed by atoms with van der Waals surface area (Å²) < 4.78 is 0. The summed E-state index contributed by atoms with van der Waals surface area (Å²) in [5, 5.41) is 0. The van der Waals surface area contributed by atoms with Gasteiger partial charge in [0.1, 0.15) is 17.3 Å². The van der Waals surface area contributed by atoms with Crippen LogP contribution in [0.1, 0.15) is 65.2 Å². The second kappa shape index (κ2) is 5.33. The molecule has 3 rings (SSSR count). The molecule has 0 spiro atoms. The number of hydrogen-bond donors (Lipinski definition) is 0. The molecular weight excluding hydrogens is 264 g/mol. The van der Waals surface area contributed by atoms with Gasteiger partial charge in [0.25, 0.3) is 0 Å². The van der Waals surface area contributed by atoms with Crippen molar-refractivity contribution in [3.63, 3.8) is 0 Å². The zero-order valence-electron chi connectivity index (χ0n) is 13.2. The van der Waals surface area contributed by atoms with Gasteiger partial charge < -0.3 is 4.79 Å². The van der Waals surface area contributed by atoms with E-state index in [-0.39, 0.29) is 17.1 Å². The van der Waals surface area contributed by atoms with Crippen LogP contribution in [0.15, 0.2) is 0 Å². The van der Waals surface area contributed by atoms with E-state index >= 15 is 0 Å². The van der Waals surface area contributed by atoms with E-state index in [0.717, 1.165) is 38.5 Å². The second-order valence-corrected chi connectivity index (χ2v) is 7.70. The van der Waals surface area contributed by atoms with Crippen molar-refractivity contribution in [3.8, 4) is 0 Å². The molecule has 21 heavy (non-hydrogen) atoms. The SMILES string of the molecule is CC(=O)CCC1C(=O)CCC2C1CC[C@]1(C)C(=O)CCC21. The highest BCUT2D eigenvalue weighted by Crippen LogP contribution is 2.58. The average Bonchev–Trinajstić information content (AvgIpc) is 2.74. The smallest absolute Gasteiger partial charge is 0.139 e. The van der Waals surface area contributed by atoms with Gasteiger partial charge in [-0.15, -0.1) is 0 Å². The Morgan fingerprint density at radius 2 is 1.90 bits per heavy atom. The first-order valence-corrected chi connectivity index (χ1v) is 8.49. The third-order valence-electron chi connectivity index (χ3n) is 6.66. The number of ketones is 3. The van der Waals surface area contributed by atoms with Crippen LogP contribution in [-0.2, 0) is 14.4 Å². The molecule has 0 amide bonds. The highest BCUT2D eigenvalue weighted by molar-refractivity contribution is 5.88. The number of fused-ring (bicyclic) bond motifs is 3. The van der Waals surface area contributed by atoms with Crippen molar-refractivity contribution in [2.45, 2.75) is 65.2 Å². The Bertz CT molecular complexity index is 481. The van der Waals surface area contributed by atoms with Gasteiger partial charge in [0, 0.05) is 30.6 Å². The fourth-order valence-corrected chi connectivity index (χ4v) is 5.47. The molecule has 3 nitrogen and oxygen atoms in total. The van der Waals surface area contributed by atoms with Crippen molar-refractivity contribution in [1.82, 2.24) is 0 Å². The minimum Gasteiger partial charge on any atom is -0.300 e. The van der Waals surface area contributed by atoms with E-state index in [1.165, 1.54) is 0 Å². The van der Waals surface area contributed by atoms with Gasteiger partial charge >= 0.3 is 0 Å². The third kappa shape index (κ3) is 2.39. The average molecular weight is 290 g/mol. The van der Waals surface area contributed by atoms with Gasteiger partial charge in [-0.1, -0.05) is 6.92 Å². The fraction of sp³-hybridized carbons (Fsp3) is 0.833. The number of Topliss-reactive ketones (excluding diaryl/α,β-unsaturated/α-hetero) is 3. The summed E-state index contributed by atoms with van der Waals surface area (Å²) in [6.45, 7) is 3.77. The van der Waals surface area contributed by atoms with Gasteiger partial charge in [-0.3, -0.25) is 9.59 Å². The quantitative estimate of drug-likeness (QED) is 0.801. The van der Waals surface area contributed by atoms with Crippen molar-refractivity contribution < 1.29 is 14.4 Å². The van der Waals surface area contributed by atoms with E-state index < -0.39 is 0 Å². The number of hydrogen-bond acceptors (Lipinski definition) is 3. The lowest BCUT2D eigenvalue weighted by Crippen LogP contribution is -2.47. The lowest BCUT2D eigenvalue weighted by Gasteiger charge is -2.50. The summed E-state index contributed by atoms with van der Waals surface area (Å²) in [5.41, 5.74) is -0.118. The first kappa shape index (κ1) is 14.9. The van der Waals surface area contributed by atoms with E-state index in [9.17, 15) is 14.4 Å². The van der Waals surface area contributed by atoms with Crippen molar-refractivity contribution in [2.75, 3.05) is 0 Å². The molecule has 3 heteroatoms. The van der Waals surface area contributed by atoms with Gasteiger partial charge in [-0.05, 0) is 56.8 Å². The largest absolute Gasteiger partial charge is 0.300 e. The monoisotopic (exact) mass is 290 g/mol. The van der Waals surface area contributed by atoms with Crippen molar-refractivity contribution >= 4 is 17.3 Å². The molecule has 3 aliphatic carbocycles. The summed E-state index contributed by atoms with van der Waals surface area (Å²) in [6.07, 6.45) is 6.57. The van der Waals surface area contributed by atoms with E-state index in [1.807, 2.05) is 0 Å². The minimum absolute atomic E-state index is 0.0768. The Labute approximate surface area is 126 Å². The predicted octanol–water partition coefficient (Wildman–Crippen LogP) is 3.35. The molecule has 0 aromatic heterocycles. The highest BCUT2D eigenvalue weighted by Gasteiger charge is 2.56. The van der Waals surface area contributed by atoms with Crippen LogP contribution in [0.25, 0.3) is 0 Å². The van der Waals surface area contributed by atoms with Crippen LogP contribution >= 0.6 is 0 Å². The molecule has 3 fully saturated rings. The van der Waals surface area contributed by atoms with Crippen molar-refractivity contribution in [3.05, 3.63) is 0 Å². The van der Waals surface area contributed by atoms with Crippen LogP contribution in [-0.4, -0.2) is 17.3 Å².